The Balaban J connectivity index is 1.58. The van der Waals surface area contributed by atoms with Gasteiger partial charge in [-0.15, -0.1) is 10.2 Å². The molecule has 3 heterocycles. The van der Waals surface area contributed by atoms with Gasteiger partial charge in [0.2, 0.25) is 0 Å². The lowest BCUT2D eigenvalue weighted by molar-refractivity contribution is 0.232. The first-order chi connectivity index (χ1) is 15.1. The molecule has 3 aromatic heterocycles. The molecule has 2 aromatic carbocycles. The Labute approximate surface area is 178 Å². The maximum absolute atomic E-state index is 16.1. The minimum atomic E-state index is -1.89. The summed E-state index contributed by atoms with van der Waals surface area (Å²) in [7, 11) is 0. The minimum absolute atomic E-state index is 0.132. The average Bonchev–Trinajstić information content (AvgIpc) is 3.23. The fourth-order valence-corrected chi connectivity index (χ4v) is 3.74. The van der Waals surface area contributed by atoms with Crippen LogP contribution in [-0.2, 0) is 12.1 Å². The van der Waals surface area contributed by atoms with Crippen LogP contribution in [0.3, 0.4) is 0 Å². The average molecular weight is 412 g/mol. The highest BCUT2D eigenvalue weighted by atomic mass is 19.1. The van der Waals surface area contributed by atoms with Crippen molar-refractivity contribution in [2.45, 2.75) is 19.0 Å². The highest BCUT2D eigenvalue weighted by Gasteiger charge is 2.35. The molecule has 1 unspecified atom stereocenters. The summed E-state index contributed by atoms with van der Waals surface area (Å²) in [6.45, 7) is 2.09. The zero-order valence-corrected chi connectivity index (χ0v) is 17.0. The molecule has 0 amide bonds. The fourth-order valence-electron chi connectivity index (χ4n) is 3.74. The van der Waals surface area contributed by atoms with Crippen LogP contribution >= 0.6 is 0 Å². The van der Waals surface area contributed by atoms with E-state index in [1.54, 1.807) is 24.4 Å². The molecular weight excluding hydrogens is 391 g/mol. The monoisotopic (exact) mass is 412 g/mol. The van der Waals surface area contributed by atoms with Crippen LogP contribution in [0, 0.1) is 0 Å². The smallest absolute Gasteiger partial charge is 0.196 e. The number of hydrogen-bond acceptors (Lipinski definition) is 5. The molecule has 0 spiro atoms. The van der Waals surface area contributed by atoms with E-state index in [1.165, 1.54) is 17.0 Å². The summed E-state index contributed by atoms with van der Waals surface area (Å²) in [4.78, 5) is 4.31. The number of halogens is 1. The molecular formula is C24H21FN6. The summed E-state index contributed by atoms with van der Waals surface area (Å²) >= 11 is 0. The number of pyridine rings is 1. The molecule has 31 heavy (non-hydrogen) atoms. The third-order valence-electron chi connectivity index (χ3n) is 5.51. The Kier molecular flexibility index (Phi) is 4.67. The van der Waals surface area contributed by atoms with Gasteiger partial charge in [0, 0.05) is 17.1 Å². The summed E-state index contributed by atoms with van der Waals surface area (Å²) in [5.74, 6) is 0.132. The first-order valence-electron chi connectivity index (χ1n) is 10.1. The van der Waals surface area contributed by atoms with E-state index in [0.717, 1.165) is 22.9 Å². The third-order valence-corrected chi connectivity index (χ3v) is 5.51. The van der Waals surface area contributed by atoms with Crippen molar-refractivity contribution in [3.05, 3.63) is 89.9 Å². The predicted octanol–water partition coefficient (Wildman–Crippen LogP) is 4.07. The van der Waals surface area contributed by atoms with Crippen LogP contribution in [0.1, 0.15) is 23.9 Å². The van der Waals surface area contributed by atoms with Crippen molar-refractivity contribution < 1.29 is 4.39 Å². The Morgan fingerprint density at radius 3 is 2.65 bits per heavy atom. The van der Waals surface area contributed by atoms with Crippen molar-refractivity contribution in [2.24, 2.45) is 5.73 Å². The number of nitrogens with zero attached hydrogens (tertiary/aromatic N) is 5. The zero-order chi connectivity index (χ0) is 21.4. The van der Waals surface area contributed by atoms with Crippen molar-refractivity contribution in [1.29, 1.82) is 0 Å². The lowest BCUT2D eigenvalue weighted by Gasteiger charge is -2.19. The van der Waals surface area contributed by atoms with E-state index in [0.29, 0.717) is 23.4 Å². The lowest BCUT2D eigenvalue weighted by atomic mass is 9.95. The number of aromatic nitrogens is 5. The SMILES string of the molecule is CC(F)(c1ccc2ncccc2c1)c1nnc2ccc(-c3ccc(CCN)cc3)nn12. The summed E-state index contributed by atoms with van der Waals surface area (Å²) in [5.41, 5.74) is 8.32. The highest BCUT2D eigenvalue weighted by molar-refractivity contribution is 5.79. The van der Waals surface area contributed by atoms with E-state index in [2.05, 4.69) is 20.3 Å². The number of rotatable bonds is 5. The Hall–Kier alpha value is -3.71. The molecule has 0 saturated heterocycles. The van der Waals surface area contributed by atoms with E-state index < -0.39 is 5.67 Å². The van der Waals surface area contributed by atoms with Gasteiger partial charge in [0.1, 0.15) is 0 Å². The van der Waals surface area contributed by atoms with E-state index in [-0.39, 0.29) is 5.82 Å². The molecule has 0 aliphatic heterocycles. The van der Waals surface area contributed by atoms with Gasteiger partial charge < -0.3 is 5.73 Å². The number of fused-ring (bicyclic) bond motifs is 2. The summed E-state index contributed by atoms with van der Waals surface area (Å²) < 4.78 is 17.6. The molecule has 1 atom stereocenters. The van der Waals surface area contributed by atoms with Crippen LogP contribution in [0.15, 0.2) is 72.9 Å². The van der Waals surface area contributed by atoms with Gasteiger partial charge in [-0.25, -0.2) is 4.39 Å². The number of nitrogens with two attached hydrogens (primary N) is 1. The van der Waals surface area contributed by atoms with Gasteiger partial charge in [-0.1, -0.05) is 36.4 Å². The second-order valence-electron chi connectivity index (χ2n) is 7.66. The van der Waals surface area contributed by atoms with Crippen molar-refractivity contribution in [2.75, 3.05) is 6.54 Å². The van der Waals surface area contributed by atoms with Gasteiger partial charge in [-0.3, -0.25) is 4.98 Å². The molecule has 0 bridgehead atoms. The zero-order valence-electron chi connectivity index (χ0n) is 17.0. The van der Waals surface area contributed by atoms with Gasteiger partial charge in [0.15, 0.2) is 17.1 Å². The van der Waals surface area contributed by atoms with Crippen molar-refractivity contribution in [1.82, 2.24) is 24.8 Å². The number of alkyl halides is 1. The van der Waals surface area contributed by atoms with E-state index in [1.807, 2.05) is 48.5 Å². The van der Waals surface area contributed by atoms with E-state index in [4.69, 9.17) is 5.73 Å². The summed E-state index contributed by atoms with van der Waals surface area (Å²) in [6.07, 6.45) is 2.54. The van der Waals surface area contributed by atoms with Crippen LogP contribution in [-0.4, -0.2) is 31.3 Å². The normalized spacial score (nSPS) is 13.5. The predicted molar refractivity (Wildman–Crippen MR) is 118 cm³/mol. The maximum Gasteiger partial charge on any atom is 0.196 e. The molecule has 0 radical (unpaired) electrons. The van der Waals surface area contributed by atoms with Crippen molar-refractivity contribution in [3.63, 3.8) is 0 Å². The van der Waals surface area contributed by atoms with Gasteiger partial charge >= 0.3 is 0 Å². The standard InChI is InChI=1S/C24H21FN6/c1-24(25,19-8-9-20-18(15-19)3-2-14-27-20)23-29-28-22-11-10-21(30-31(22)23)17-6-4-16(5-7-17)12-13-26/h2-11,14-15H,12-13,26H2,1H3. The quantitative estimate of drug-likeness (QED) is 0.470. The molecule has 6 nitrogen and oxygen atoms in total. The first-order valence-corrected chi connectivity index (χ1v) is 10.1. The van der Waals surface area contributed by atoms with Crippen LogP contribution in [0.5, 0.6) is 0 Å². The Morgan fingerprint density at radius 2 is 1.84 bits per heavy atom. The minimum Gasteiger partial charge on any atom is -0.330 e. The molecule has 5 aromatic rings. The van der Waals surface area contributed by atoms with E-state index in [9.17, 15) is 0 Å². The highest BCUT2D eigenvalue weighted by Crippen LogP contribution is 2.34. The van der Waals surface area contributed by atoms with Gasteiger partial charge in [0.05, 0.1) is 11.2 Å². The van der Waals surface area contributed by atoms with Crippen molar-refractivity contribution >= 4 is 16.6 Å². The summed E-state index contributed by atoms with van der Waals surface area (Å²) in [6, 6.07) is 20.8. The molecule has 0 aliphatic carbocycles. The molecule has 2 N–H and O–H groups in total. The lowest BCUT2D eigenvalue weighted by Crippen LogP contribution is -2.22. The van der Waals surface area contributed by atoms with Gasteiger partial charge in [0.25, 0.3) is 0 Å². The van der Waals surface area contributed by atoms with Crippen LogP contribution in [0.25, 0.3) is 27.8 Å². The fraction of sp³-hybridized carbons (Fsp3) is 0.167. The molecule has 0 aliphatic rings. The molecule has 154 valence electrons. The Morgan fingerprint density at radius 1 is 1.00 bits per heavy atom. The van der Waals surface area contributed by atoms with Gasteiger partial charge in [-0.05, 0) is 61.3 Å². The Bertz CT molecular complexity index is 1370. The second kappa shape index (κ2) is 7.52. The molecule has 0 saturated carbocycles. The second-order valence-corrected chi connectivity index (χ2v) is 7.66. The number of hydrogen-bond donors (Lipinski definition) is 1. The largest absolute Gasteiger partial charge is 0.330 e. The molecule has 7 heteroatoms. The maximum atomic E-state index is 16.1. The van der Waals surface area contributed by atoms with Crippen LogP contribution in [0.2, 0.25) is 0 Å². The van der Waals surface area contributed by atoms with Gasteiger partial charge in [-0.2, -0.15) is 9.61 Å². The van der Waals surface area contributed by atoms with Crippen LogP contribution < -0.4 is 5.73 Å². The number of benzene rings is 2. The van der Waals surface area contributed by atoms with Crippen molar-refractivity contribution in [3.8, 4) is 11.3 Å². The topological polar surface area (TPSA) is 82.0 Å². The van der Waals surface area contributed by atoms with Crippen LogP contribution in [0.4, 0.5) is 4.39 Å². The van der Waals surface area contributed by atoms with E-state index >= 15 is 4.39 Å². The molecule has 5 rings (SSSR count). The molecule has 0 fully saturated rings. The summed E-state index contributed by atoms with van der Waals surface area (Å²) in [5, 5.41) is 13.8. The first kappa shape index (κ1) is 19.3. The third kappa shape index (κ3) is 3.43.